The number of benzene rings is 2. The van der Waals surface area contributed by atoms with Crippen LogP contribution in [-0.2, 0) is 0 Å². The van der Waals surface area contributed by atoms with Crippen LogP contribution in [0.25, 0.3) is 22.3 Å². The summed E-state index contributed by atoms with van der Waals surface area (Å²) < 4.78 is 0. The zero-order valence-electron chi connectivity index (χ0n) is 13.9. The van der Waals surface area contributed by atoms with Gasteiger partial charge in [0.25, 0.3) is 0 Å². The lowest BCUT2D eigenvalue weighted by Gasteiger charge is -2.16. The van der Waals surface area contributed by atoms with Crippen LogP contribution in [0.2, 0.25) is 50.2 Å². The van der Waals surface area contributed by atoms with Crippen LogP contribution < -0.4 is 0 Å². The van der Waals surface area contributed by atoms with E-state index in [0.29, 0.717) is 11.8 Å². The number of aldehydes is 1. The van der Waals surface area contributed by atoms with Crippen LogP contribution >= 0.6 is 116 Å². The van der Waals surface area contributed by atoms with Crippen LogP contribution in [0.15, 0.2) is 12.3 Å². The standard InChI is InChI=1S/C18H3Cl10NO/c19-9-7(10(20)14(24)17(27)13(9)23)4-1-5(6(3-30)29-2-4)8-11(21)15(25)18(28)16(26)12(8)22/h1-3H. The molecule has 0 saturated heterocycles. The molecule has 12 heteroatoms. The monoisotopic (exact) mass is 599 g/mol. The van der Waals surface area contributed by atoms with E-state index in [9.17, 15) is 4.79 Å². The van der Waals surface area contributed by atoms with Gasteiger partial charge < -0.3 is 0 Å². The molecule has 3 rings (SSSR count). The molecule has 0 amide bonds. The number of carbonyl (C=O) groups is 1. The lowest BCUT2D eigenvalue weighted by molar-refractivity contribution is 0.111. The molecule has 0 aliphatic carbocycles. The Morgan fingerprint density at radius 2 is 0.933 bits per heavy atom. The summed E-state index contributed by atoms with van der Waals surface area (Å²) >= 11 is 62.1. The number of pyridine rings is 1. The van der Waals surface area contributed by atoms with Crippen LogP contribution in [0.5, 0.6) is 0 Å². The van der Waals surface area contributed by atoms with Gasteiger partial charge in [-0.15, -0.1) is 0 Å². The highest BCUT2D eigenvalue weighted by molar-refractivity contribution is 6.57. The first-order chi connectivity index (χ1) is 14.0. The number of carbonyl (C=O) groups excluding carboxylic acids is 1. The first-order valence-electron chi connectivity index (χ1n) is 7.51. The van der Waals surface area contributed by atoms with Gasteiger partial charge in [-0.25, -0.2) is 0 Å². The fourth-order valence-electron chi connectivity index (χ4n) is 2.61. The maximum atomic E-state index is 11.6. The van der Waals surface area contributed by atoms with Crippen LogP contribution in [0.1, 0.15) is 10.5 Å². The normalized spacial score (nSPS) is 11.1. The fraction of sp³-hybridized carbons (Fsp3) is 0. The smallest absolute Gasteiger partial charge is 0.169 e. The molecule has 0 atom stereocenters. The number of hydrogen-bond acceptors (Lipinski definition) is 2. The Kier molecular flexibility index (Phi) is 7.91. The van der Waals surface area contributed by atoms with Gasteiger partial charge in [-0.1, -0.05) is 116 Å². The lowest BCUT2D eigenvalue weighted by Crippen LogP contribution is -1.97. The lowest BCUT2D eigenvalue weighted by atomic mass is 9.99. The van der Waals surface area contributed by atoms with Gasteiger partial charge >= 0.3 is 0 Å². The van der Waals surface area contributed by atoms with Crippen molar-refractivity contribution >= 4 is 122 Å². The molecular weight excluding hydrogens is 601 g/mol. The zero-order chi connectivity index (χ0) is 22.5. The van der Waals surface area contributed by atoms with E-state index >= 15 is 0 Å². The third-order valence-electron chi connectivity index (χ3n) is 4.01. The summed E-state index contributed by atoms with van der Waals surface area (Å²) in [5.41, 5.74) is 0.929. The second kappa shape index (κ2) is 9.57. The van der Waals surface area contributed by atoms with Gasteiger partial charge in [-0.2, -0.15) is 0 Å². The van der Waals surface area contributed by atoms with Gasteiger partial charge in [-0.05, 0) is 6.07 Å². The summed E-state index contributed by atoms with van der Waals surface area (Å²) in [4.78, 5) is 15.8. The van der Waals surface area contributed by atoms with Crippen LogP contribution in [-0.4, -0.2) is 11.3 Å². The van der Waals surface area contributed by atoms with Crippen molar-refractivity contribution in [2.75, 3.05) is 0 Å². The molecule has 1 heterocycles. The Bertz CT molecular complexity index is 1170. The molecule has 0 radical (unpaired) electrons. The molecule has 0 unspecified atom stereocenters. The average Bonchev–Trinajstić information content (AvgIpc) is 2.74. The second-order valence-corrected chi connectivity index (χ2v) is 9.44. The summed E-state index contributed by atoms with van der Waals surface area (Å²) in [6.07, 6.45) is 1.86. The van der Waals surface area contributed by atoms with Crippen molar-refractivity contribution in [1.82, 2.24) is 4.98 Å². The minimum absolute atomic E-state index is 0.00241. The van der Waals surface area contributed by atoms with Gasteiger partial charge in [0.2, 0.25) is 0 Å². The first kappa shape index (κ1) is 24.8. The van der Waals surface area contributed by atoms with Crippen molar-refractivity contribution < 1.29 is 4.79 Å². The molecule has 0 aliphatic heterocycles. The fourth-order valence-corrected chi connectivity index (χ4v) is 5.30. The van der Waals surface area contributed by atoms with E-state index in [1.807, 2.05) is 0 Å². The summed E-state index contributed by atoms with van der Waals surface area (Å²) in [6.45, 7) is 0. The summed E-state index contributed by atoms with van der Waals surface area (Å²) in [7, 11) is 0. The molecule has 156 valence electrons. The number of nitrogens with zero attached hydrogens (tertiary/aromatic N) is 1. The minimum Gasteiger partial charge on any atom is -0.296 e. The number of aromatic nitrogens is 1. The van der Waals surface area contributed by atoms with E-state index < -0.39 is 0 Å². The zero-order valence-corrected chi connectivity index (χ0v) is 21.4. The molecular formula is C18H3Cl10NO. The van der Waals surface area contributed by atoms with Crippen molar-refractivity contribution in [3.05, 3.63) is 68.2 Å². The molecule has 2 aromatic carbocycles. The molecule has 0 fully saturated rings. The summed E-state index contributed by atoms with van der Waals surface area (Å²) in [5.74, 6) is 0. The predicted octanol–water partition coefficient (Wildman–Crippen LogP) is 10.8. The molecule has 0 aliphatic rings. The molecule has 1 aromatic heterocycles. The number of hydrogen-bond donors (Lipinski definition) is 0. The first-order valence-corrected chi connectivity index (χ1v) is 11.3. The van der Waals surface area contributed by atoms with E-state index in [4.69, 9.17) is 116 Å². The highest BCUT2D eigenvalue weighted by Gasteiger charge is 2.25. The van der Waals surface area contributed by atoms with Gasteiger partial charge in [0.05, 0.1) is 50.2 Å². The van der Waals surface area contributed by atoms with Crippen molar-refractivity contribution in [2.24, 2.45) is 0 Å². The highest BCUT2D eigenvalue weighted by Crippen LogP contribution is 2.51. The third kappa shape index (κ3) is 4.10. The molecule has 3 aromatic rings. The largest absolute Gasteiger partial charge is 0.296 e. The van der Waals surface area contributed by atoms with Gasteiger partial charge in [-0.3, -0.25) is 9.78 Å². The topological polar surface area (TPSA) is 30.0 Å². The van der Waals surface area contributed by atoms with Gasteiger partial charge in [0.1, 0.15) is 5.69 Å². The SMILES string of the molecule is O=Cc1ncc(-c2c(Cl)c(Cl)c(Cl)c(Cl)c2Cl)cc1-c1c(Cl)c(Cl)c(Cl)c(Cl)c1Cl. The van der Waals surface area contributed by atoms with E-state index in [1.54, 1.807) is 0 Å². The maximum Gasteiger partial charge on any atom is 0.169 e. The van der Waals surface area contributed by atoms with Crippen LogP contribution in [0.4, 0.5) is 0 Å². The Labute approximate surface area is 220 Å². The van der Waals surface area contributed by atoms with Crippen molar-refractivity contribution in [1.29, 1.82) is 0 Å². The predicted molar refractivity (Wildman–Crippen MR) is 131 cm³/mol. The average molecular weight is 604 g/mol. The maximum absolute atomic E-state index is 11.6. The van der Waals surface area contributed by atoms with Crippen molar-refractivity contribution in [3.63, 3.8) is 0 Å². The van der Waals surface area contributed by atoms with E-state index in [0.717, 1.165) is 0 Å². The Morgan fingerprint density at radius 1 is 0.567 bits per heavy atom. The summed E-state index contributed by atoms with van der Waals surface area (Å²) in [5, 5.41) is -0.107. The van der Waals surface area contributed by atoms with Crippen molar-refractivity contribution in [3.8, 4) is 22.3 Å². The van der Waals surface area contributed by atoms with E-state index in [2.05, 4.69) is 4.98 Å². The molecule has 0 N–H and O–H groups in total. The molecule has 0 bridgehead atoms. The number of rotatable bonds is 3. The summed E-state index contributed by atoms with van der Waals surface area (Å²) in [6, 6.07) is 1.51. The molecule has 0 saturated carbocycles. The number of halogens is 10. The molecule has 2 nitrogen and oxygen atoms in total. The Morgan fingerprint density at radius 3 is 1.33 bits per heavy atom. The Hall–Kier alpha value is 0.160. The van der Waals surface area contributed by atoms with Gasteiger partial charge in [0.15, 0.2) is 6.29 Å². The quantitative estimate of drug-likeness (QED) is 0.169. The van der Waals surface area contributed by atoms with E-state index in [1.165, 1.54) is 12.3 Å². The van der Waals surface area contributed by atoms with Crippen LogP contribution in [0, 0.1) is 0 Å². The Balaban J connectivity index is 2.41. The molecule has 30 heavy (non-hydrogen) atoms. The van der Waals surface area contributed by atoms with Gasteiger partial charge in [0, 0.05) is 28.5 Å². The second-order valence-electron chi connectivity index (χ2n) is 5.66. The van der Waals surface area contributed by atoms with Crippen molar-refractivity contribution in [2.45, 2.75) is 0 Å². The third-order valence-corrected chi connectivity index (χ3v) is 8.56. The van der Waals surface area contributed by atoms with Crippen LogP contribution in [0.3, 0.4) is 0 Å². The molecule has 0 spiro atoms. The highest BCUT2D eigenvalue weighted by atomic mass is 35.5. The minimum atomic E-state index is -0.0429. The van der Waals surface area contributed by atoms with E-state index in [-0.39, 0.29) is 72.6 Å².